The van der Waals surface area contributed by atoms with E-state index in [4.69, 9.17) is 10.5 Å². The Kier molecular flexibility index (Phi) is 6.24. The van der Waals surface area contributed by atoms with Crippen LogP contribution < -0.4 is 11.1 Å². The molecular formula is C19H29N3O2. The number of ether oxygens (including phenoxy) is 1. The van der Waals surface area contributed by atoms with Crippen molar-refractivity contribution in [3.05, 3.63) is 35.9 Å². The average Bonchev–Trinajstić information content (AvgIpc) is 2.64. The summed E-state index contributed by atoms with van der Waals surface area (Å²) in [5, 5.41) is 3.39. The standard InChI is InChI=1S/C19H29N3O2/c20-17-8-12-22(13-9-17)18(16-6-10-21-11-7-16)19(23)24-14-15-4-2-1-3-5-15/h1-5,16-18,21H,6-14,20H2. The molecular weight excluding hydrogens is 302 g/mol. The number of hydrogen-bond acceptors (Lipinski definition) is 5. The molecule has 1 unspecified atom stereocenters. The van der Waals surface area contributed by atoms with E-state index < -0.39 is 0 Å². The highest BCUT2D eigenvalue weighted by Gasteiger charge is 2.36. The number of esters is 1. The Hall–Kier alpha value is -1.43. The number of benzene rings is 1. The third kappa shape index (κ3) is 4.56. The zero-order valence-electron chi connectivity index (χ0n) is 14.3. The van der Waals surface area contributed by atoms with E-state index in [1.165, 1.54) is 0 Å². The zero-order valence-corrected chi connectivity index (χ0v) is 14.3. The summed E-state index contributed by atoms with van der Waals surface area (Å²) < 4.78 is 5.69. The molecule has 0 bridgehead atoms. The fourth-order valence-corrected chi connectivity index (χ4v) is 3.81. The van der Waals surface area contributed by atoms with Crippen molar-refractivity contribution in [3.8, 4) is 0 Å². The van der Waals surface area contributed by atoms with Crippen LogP contribution >= 0.6 is 0 Å². The summed E-state index contributed by atoms with van der Waals surface area (Å²) in [6, 6.07) is 10.1. The van der Waals surface area contributed by atoms with Gasteiger partial charge >= 0.3 is 5.97 Å². The van der Waals surface area contributed by atoms with Gasteiger partial charge in [-0.3, -0.25) is 9.69 Å². The largest absolute Gasteiger partial charge is 0.460 e. The Balaban J connectivity index is 1.64. The predicted molar refractivity (Wildman–Crippen MR) is 94.4 cm³/mol. The maximum Gasteiger partial charge on any atom is 0.323 e. The molecule has 0 amide bonds. The highest BCUT2D eigenvalue weighted by Crippen LogP contribution is 2.25. The number of carbonyl (C=O) groups is 1. The fraction of sp³-hybridized carbons (Fsp3) is 0.632. The molecule has 5 heteroatoms. The molecule has 2 aliphatic heterocycles. The number of rotatable bonds is 5. The molecule has 0 saturated carbocycles. The second-order valence-electron chi connectivity index (χ2n) is 7.00. The first-order chi connectivity index (χ1) is 11.7. The van der Waals surface area contributed by atoms with Gasteiger partial charge in [0.05, 0.1) is 0 Å². The summed E-state index contributed by atoms with van der Waals surface area (Å²) in [5.41, 5.74) is 7.07. The first kappa shape index (κ1) is 17.4. The molecule has 1 aromatic carbocycles. The van der Waals surface area contributed by atoms with Crippen molar-refractivity contribution in [2.24, 2.45) is 11.7 Å². The topological polar surface area (TPSA) is 67.6 Å². The van der Waals surface area contributed by atoms with E-state index in [2.05, 4.69) is 10.2 Å². The number of likely N-dealkylation sites (tertiary alicyclic amines) is 1. The maximum absolute atomic E-state index is 12.9. The molecule has 0 aliphatic carbocycles. The van der Waals surface area contributed by atoms with Gasteiger partial charge in [0.15, 0.2) is 0 Å². The van der Waals surface area contributed by atoms with Gasteiger partial charge in [-0.15, -0.1) is 0 Å². The maximum atomic E-state index is 12.9. The number of nitrogens with zero attached hydrogens (tertiary/aromatic N) is 1. The quantitative estimate of drug-likeness (QED) is 0.801. The lowest BCUT2D eigenvalue weighted by Gasteiger charge is -2.40. The molecule has 0 spiro atoms. The number of hydrogen-bond donors (Lipinski definition) is 2. The van der Waals surface area contributed by atoms with E-state index in [0.29, 0.717) is 12.5 Å². The molecule has 5 nitrogen and oxygen atoms in total. The third-order valence-corrected chi connectivity index (χ3v) is 5.26. The van der Waals surface area contributed by atoms with Crippen molar-refractivity contribution in [3.63, 3.8) is 0 Å². The summed E-state index contributed by atoms with van der Waals surface area (Å²) in [6.07, 6.45) is 4.00. The Morgan fingerprint density at radius 2 is 1.83 bits per heavy atom. The molecule has 1 atom stereocenters. The van der Waals surface area contributed by atoms with E-state index in [0.717, 1.165) is 57.4 Å². The van der Waals surface area contributed by atoms with Gasteiger partial charge in [-0.25, -0.2) is 0 Å². The van der Waals surface area contributed by atoms with Crippen molar-refractivity contribution in [1.82, 2.24) is 10.2 Å². The monoisotopic (exact) mass is 331 g/mol. The summed E-state index contributed by atoms with van der Waals surface area (Å²) >= 11 is 0. The second-order valence-corrected chi connectivity index (χ2v) is 7.00. The summed E-state index contributed by atoms with van der Waals surface area (Å²) in [6.45, 7) is 4.13. The zero-order chi connectivity index (χ0) is 16.8. The molecule has 2 saturated heterocycles. The molecule has 2 heterocycles. The van der Waals surface area contributed by atoms with Gasteiger partial charge in [-0.05, 0) is 50.3 Å². The number of nitrogens with one attached hydrogen (secondary N) is 1. The third-order valence-electron chi connectivity index (χ3n) is 5.26. The molecule has 2 aliphatic rings. The van der Waals surface area contributed by atoms with E-state index in [9.17, 15) is 4.79 Å². The number of piperidine rings is 2. The van der Waals surface area contributed by atoms with Crippen molar-refractivity contribution in [2.45, 2.75) is 44.4 Å². The molecule has 24 heavy (non-hydrogen) atoms. The molecule has 3 rings (SSSR count). The van der Waals surface area contributed by atoms with Gasteiger partial charge < -0.3 is 15.8 Å². The van der Waals surface area contributed by atoms with Crippen molar-refractivity contribution in [2.75, 3.05) is 26.2 Å². The Labute approximate surface area is 144 Å². The first-order valence-corrected chi connectivity index (χ1v) is 9.15. The van der Waals surface area contributed by atoms with Crippen LogP contribution in [0.25, 0.3) is 0 Å². The fourth-order valence-electron chi connectivity index (χ4n) is 3.81. The molecule has 2 fully saturated rings. The minimum Gasteiger partial charge on any atom is -0.460 e. The minimum atomic E-state index is -0.122. The van der Waals surface area contributed by atoms with Crippen LogP contribution in [0.5, 0.6) is 0 Å². The van der Waals surface area contributed by atoms with E-state index in [1.807, 2.05) is 30.3 Å². The number of carbonyl (C=O) groups excluding carboxylic acids is 1. The highest BCUT2D eigenvalue weighted by atomic mass is 16.5. The Bertz CT molecular complexity index is 509. The van der Waals surface area contributed by atoms with E-state index in [-0.39, 0.29) is 18.1 Å². The van der Waals surface area contributed by atoms with Gasteiger partial charge in [-0.2, -0.15) is 0 Å². The lowest BCUT2D eigenvalue weighted by atomic mass is 9.87. The molecule has 132 valence electrons. The van der Waals surface area contributed by atoms with Gasteiger partial charge in [-0.1, -0.05) is 30.3 Å². The van der Waals surface area contributed by atoms with E-state index in [1.54, 1.807) is 0 Å². The van der Waals surface area contributed by atoms with E-state index >= 15 is 0 Å². The smallest absolute Gasteiger partial charge is 0.323 e. The summed E-state index contributed by atoms with van der Waals surface area (Å²) in [7, 11) is 0. The molecule has 1 aromatic rings. The second kappa shape index (κ2) is 8.60. The van der Waals surface area contributed by atoms with Crippen molar-refractivity contribution < 1.29 is 9.53 Å². The van der Waals surface area contributed by atoms with Crippen LogP contribution in [0.1, 0.15) is 31.2 Å². The van der Waals surface area contributed by atoms with Gasteiger partial charge in [0.1, 0.15) is 12.6 Å². The van der Waals surface area contributed by atoms with Crippen molar-refractivity contribution in [1.29, 1.82) is 0 Å². The van der Waals surface area contributed by atoms with Crippen LogP contribution in [0.15, 0.2) is 30.3 Å². The minimum absolute atomic E-state index is 0.0683. The molecule has 0 radical (unpaired) electrons. The van der Waals surface area contributed by atoms with Crippen LogP contribution in [0, 0.1) is 5.92 Å². The van der Waals surface area contributed by atoms with Gasteiger partial charge in [0, 0.05) is 19.1 Å². The number of nitrogens with two attached hydrogens (primary N) is 1. The van der Waals surface area contributed by atoms with Crippen LogP contribution in [0.3, 0.4) is 0 Å². The average molecular weight is 331 g/mol. The normalized spacial score (nSPS) is 22.2. The van der Waals surface area contributed by atoms with Gasteiger partial charge in [0.25, 0.3) is 0 Å². The summed E-state index contributed by atoms with van der Waals surface area (Å²) in [5.74, 6) is 0.310. The first-order valence-electron chi connectivity index (χ1n) is 9.15. The van der Waals surface area contributed by atoms with Crippen LogP contribution in [0.4, 0.5) is 0 Å². The SMILES string of the molecule is NC1CCN(C(C(=O)OCc2ccccc2)C2CCNCC2)CC1. The predicted octanol–water partition coefficient (Wildman–Crippen LogP) is 1.52. The Morgan fingerprint density at radius 3 is 2.50 bits per heavy atom. The Morgan fingerprint density at radius 1 is 1.17 bits per heavy atom. The van der Waals surface area contributed by atoms with Crippen LogP contribution in [0.2, 0.25) is 0 Å². The lowest BCUT2D eigenvalue weighted by Crippen LogP contribution is -2.53. The van der Waals surface area contributed by atoms with Crippen molar-refractivity contribution >= 4 is 5.97 Å². The van der Waals surface area contributed by atoms with Crippen LogP contribution in [-0.2, 0) is 16.1 Å². The summed E-state index contributed by atoms with van der Waals surface area (Å²) in [4.78, 5) is 15.2. The lowest BCUT2D eigenvalue weighted by molar-refractivity contribution is -0.155. The molecule has 0 aromatic heterocycles. The van der Waals surface area contributed by atoms with Crippen LogP contribution in [-0.4, -0.2) is 49.1 Å². The highest BCUT2D eigenvalue weighted by molar-refractivity contribution is 5.76. The van der Waals surface area contributed by atoms with Gasteiger partial charge in [0.2, 0.25) is 0 Å². The molecule has 3 N–H and O–H groups in total.